The Morgan fingerprint density at radius 3 is 2.83 bits per heavy atom. The number of amides is 1. The smallest absolute Gasteiger partial charge is 0.251 e. The van der Waals surface area contributed by atoms with Crippen molar-refractivity contribution in [1.82, 2.24) is 19.6 Å². The second-order valence-corrected chi connectivity index (χ2v) is 7.35. The molecule has 3 heterocycles. The van der Waals surface area contributed by atoms with Crippen molar-refractivity contribution in [2.24, 2.45) is 13.0 Å². The molecule has 3 atom stereocenters. The summed E-state index contributed by atoms with van der Waals surface area (Å²) in [6.07, 6.45) is 9.18. The second kappa shape index (κ2) is 7.66. The minimum absolute atomic E-state index is 0.146. The largest absolute Gasteiger partial charge is 0.368 e. The van der Waals surface area contributed by atoms with Crippen LogP contribution in [0.3, 0.4) is 0 Å². The van der Waals surface area contributed by atoms with Crippen molar-refractivity contribution < 1.29 is 9.53 Å². The molecule has 0 radical (unpaired) electrons. The highest BCUT2D eigenvalue weighted by atomic mass is 16.5. The average molecular weight is 334 g/mol. The minimum Gasteiger partial charge on any atom is -0.368 e. The molecular weight excluding hydrogens is 304 g/mol. The SMILES string of the molecule is CN(C[C@@H]1CCCN(C)[C@H]1c1cnn(C)c1)C(=O)[C@H]1CCCCO1. The molecule has 0 bridgehead atoms. The van der Waals surface area contributed by atoms with Crippen LogP contribution in [0, 0.1) is 5.92 Å². The van der Waals surface area contributed by atoms with Crippen molar-refractivity contribution in [3.63, 3.8) is 0 Å². The maximum absolute atomic E-state index is 12.7. The first kappa shape index (κ1) is 17.4. The molecule has 3 rings (SSSR count). The molecule has 2 aliphatic rings. The van der Waals surface area contributed by atoms with Crippen molar-refractivity contribution in [1.29, 1.82) is 0 Å². The topological polar surface area (TPSA) is 50.6 Å². The first-order chi connectivity index (χ1) is 11.6. The van der Waals surface area contributed by atoms with Crippen molar-refractivity contribution >= 4 is 5.91 Å². The lowest BCUT2D eigenvalue weighted by Gasteiger charge is -2.41. The fourth-order valence-corrected chi connectivity index (χ4v) is 4.19. The molecule has 1 amide bonds. The second-order valence-electron chi connectivity index (χ2n) is 7.35. The van der Waals surface area contributed by atoms with Crippen LogP contribution in [0.2, 0.25) is 0 Å². The number of nitrogens with zero attached hydrogens (tertiary/aromatic N) is 4. The summed E-state index contributed by atoms with van der Waals surface area (Å²) in [7, 11) is 6.06. The average Bonchev–Trinajstić information content (AvgIpc) is 3.01. The number of aryl methyl sites for hydroxylation is 1. The third-order valence-electron chi connectivity index (χ3n) is 5.41. The van der Waals surface area contributed by atoms with E-state index >= 15 is 0 Å². The van der Waals surface area contributed by atoms with Crippen LogP contribution in [0.1, 0.15) is 43.7 Å². The molecule has 1 aromatic rings. The first-order valence-electron chi connectivity index (χ1n) is 9.11. The summed E-state index contributed by atoms with van der Waals surface area (Å²) in [5.41, 5.74) is 1.25. The van der Waals surface area contributed by atoms with Gasteiger partial charge in [-0.05, 0) is 51.6 Å². The Labute approximate surface area is 144 Å². The monoisotopic (exact) mass is 334 g/mol. The van der Waals surface area contributed by atoms with Gasteiger partial charge in [-0.1, -0.05) is 0 Å². The Morgan fingerprint density at radius 2 is 2.17 bits per heavy atom. The van der Waals surface area contributed by atoms with Crippen molar-refractivity contribution in [2.45, 2.75) is 44.2 Å². The van der Waals surface area contributed by atoms with E-state index in [-0.39, 0.29) is 12.0 Å². The summed E-state index contributed by atoms with van der Waals surface area (Å²) in [5, 5.41) is 4.34. The number of aromatic nitrogens is 2. The molecule has 1 aromatic heterocycles. The van der Waals surface area contributed by atoms with Gasteiger partial charge in [-0.3, -0.25) is 14.4 Å². The molecule has 24 heavy (non-hydrogen) atoms. The first-order valence-corrected chi connectivity index (χ1v) is 9.11. The maximum atomic E-state index is 12.7. The molecule has 0 unspecified atom stereocenters. The maximum Gasteiger partial charge on any atom is 0.251 e. The van der Waals surface area contributed by atoms with Gasteiger partial charge in [0.1, 0.15) is 6.10 Å². The molecule has 2 saturated heterocycles. The Morgan fingerprint density at radius 1 is 1.33 bits per heavy atom. The molecule has 6 nitrogen and oxygen atoms in total. The third-order valence-corrected chi connectivity index (χ3v) is 5.41. The summed E-state index contributed by atoms with van der Waals surface area (Å²) in [5.74, 6) is 0.582. The van der Waals surface area contributed by atoms with E-state index in [4.69, 9.17) is 4.74 Å². The zero-order valence-corrected chi connectivity index (χ0v) is 15.1. The fourth-order valence-electron chi connectivity index (χ4n) is 4.19. The molecule has 6 heteroatoms. The predicted molar refractivity (Wildman–Crippen MR) is 92.5 cm³/mol. The molecule has 0 aliphatic carbocycles. The molecule has 0 saturated carbocycles. The van der Waals surface area contributed by atoms with Gasteiger partial charge in [0.15, 0.2) is 0 Å². The summed E-state index contributed by atoms with van der Waals surface area (Å²) in [4.78, 5) is 17.0. The number of hydrogen-bond donors (Lipinski definition) is 0. The van der Waals surface area contributed by atoms with E-state index in [0.717, 1.165) is 38.8 Å². The fraction of sp³-hybridized carbons (Fsp3) is 0.778. The molecule has 134 valence electrons. The zero-order valence-electron chi connectivity index (χ0n) is 15.1. The van der Waals surface area contributed by atoms with E-state index in [1.165, 1.54) is 12.0 Å². The van der Waals surface area contributed by atoms with Crippen molar-refractivity contribution in [3.05, 3.63) is 18.0 Å². The summed E-state index contributed by atoms with van der Waals surface area (Å²) in [6.45, 7) is 2.59. The van der Waals surface area contributed by atoms with Crippen LogP contribution in [0.15, 0.2) is 12.4 Å². The van der Waals surface area contributed by atoms with Gasteiger partial charge < -0.3 is 9.64 Å². The summed E-state index contributed by atoms with van der Waals surface area (Å²) < 4.78 is 7.53. The molecule has 0 spiro atoms. The van der Waals surface area contributed by atoms with Gasteiger partial charge in [-0.15, -0.1) is 0 Å². The Hall–Kier alpha value is -1.40. The standard InChI is InChI=1S/C18H30N4O2/c1-20-9-6-7-14(17(20)15-11-19-22(3)13-15)12-21(2)18(23)16-8-4-5-10-24-16/h11,13-14,16-17H,4-10,12H2,1-3H3/t14-,16+,17+/m0/s1. The van der Waals surface area contributed by atoms with Crippen LogP contribution in [0.25, 0.3) is 0 Å². The van der Waals surface area contributed by atoms with Gasteiger partial charge in [-0.2, -0.15) is 5.10 Å². The number of hydrogen-bond acceptors (Lipinski definition) is 4. The van der Waals surface area contributed by atoms with Crippen molar-refractivity contribution in [3.8, 4) is 0 Å². The number of piperidine rings is 1. The van der Waals surface area contributed by atoms with E-state index in [9.17, 15) is 4.79 Å². The van der Waals surface area contributed by atoms with Gasteiger partial charge in [0.05, 0.1) is 6.20 Å². The van der Waals surface area contributed by atoms with E-state index < -0.39 is 0 Å². The van der Waals surface area contributed by atoms with Crippen LogP contribution in [0.5, 0.6) is 0 Å². The lowest BCUT2D eigenvalue weighted by molar-refractivity contribution is -0.146. The van der Waals surface area contributed by atoms with Gasteiger partial charge >= 0.3 is 0 Å². The zero-order chi connectivity index (χ0) is 17.1. The number of carbonyl (C=O) groups excluding carboxylic acids is 1. The van der Waals surface area contributed by atoms with Gasteiger partial charge in [-0.25, -0.2) is 0 Å². The van der Waals surface area contributed by atoms with Crippen molar-refractivity contribution in [2.75, 3.05) is 33.8 Å². The molecule has 0 aromatic carbocycles. The molecule has 0 N–H and O–H groups in total. The van der Waals surface area contributed by atoms with Gasteiger partial charge in [0, 0.05) is 45.0 Å². The van der Waals surface area contributed by atoms with Crippen LogP contribution >= 0.6 is 0 Å². The van der Waals surface area contributed by atoms with Crippen LogP contribution in [0.4, 0.5) is 0 Å². The van der Waals surface area contributed by atoms with Crippen LogP contribution < -0.4 is 0 Å². The minimum atomic E-state index is -0.234. The van der Waals surface area contributed by atoms with Crippen LogP contribution in [-0.2, 0) is 16.6 Å². The Balaban J connectivity index is 1.67. The Kier molecular flexibility index (Phi) is 5.56. The van der Waals surface area contributed by atoms with E-state index in [0.29, 0.717) is 18.6 Å². The highest BCUT2D eigenvalue weighted by molar-refractivity contribution is 5.80. The number of ether oxygens (including phenoxy) is 1. The lowest BCUT2D eigenvalue weighted by atomic mass is 9.85. The van der Waals surface area contributed by atoms with Gasteiger partial charge in [0.25, 0.3) is 5.91 Å². The van der Waals surface area contributed by atoms with E-state index in [1.807, 2.05) is 29.9 Å². The summed E-state index contributed by atoms with van der Waals surface area (Å²) >= 11 is 0. The number of rotatable bonds is 4. The lowest BCUT2D eigenvalue weighted by Crippen LogP contribution is -2.45. The highest BCUT2D eigenvalue weighted by Crippen LogP contribution is 2.35. The predicted octanol–water partition coefficient (Wildman–Crippen LogP) is 1.83. The summed E-state index contributed by atoms with van der Waals surface area (Å²) in [6, 6.07) is 0.329. The Bertz CT molecular complexity index is 553. The van der Waals surface area contributed by atoms with E-state index in [1.54, 1.807) is 0 Å². The van der Waals surface area contributed by atoms with E-state index in [2.05, 4.69) is 23.2 Å². The quantitative estimate of drug-likeness (QED) is 0.843. The molecular formula is C18H30N4O2. The normalized spacial score (nSPS) is 28.7. The molecule has 2 aliphatic heterocycles. The van der Waals surface area contributed by atoms with Crippen LogP contribution in [-0.4, -0.2) is 65.4 Å². The van der Waals surface area contributed by atoms with Gasteiger partial charge in [0.2, 0.25) is 0 Å². The molecule has 2 fully saturated rings. The number of likely N-dealkylation sites (tertiary alicyclic amines) is 1. The third kappa shape index (κ3) is 3.81. The number of carbonyl (C=O) groups is 1. The highest BCUT2D eigenvalue weighted by Gasteiger charge is 2.34. The number of likely N-dealkylation sites (N-methyl/N-ethyl adjacent to an activating group) is 1.